The minimum atomic E-state index is 0.0320. The largest absolute Gasteiger partial charge is 0.497 e. The summed E-state index contributed by atoms with van der Waals surface area (Å²) in [6.45, 7) is 2.53. The number of aromatic nitrogens is 4. The quantitative estimate of drug-likeness (QED) is 0.489. The summed E-state index contributed by atoms with van der Waals surface area (Å²) in [5.41, 5.74) is 4.44. The number of para-hydroxylation sites is 1. The lowest BCUT2D eigenvalue weighted by molar-refractivity contribution is 0.0665. The zero-order valence-corrected chi connectivity index (χ0v) is 17.8. The lowest BCUT2D eigenvalue weighted by atomic mass is 10.1. The zero-order chi connectivity index (χ0) is 21.4. The van der Waals surface area contributed by atoms with E-state index in [0.29, 0.717) is 17.8 Å². The highest BCUT2D eigenvalue weighted by Gasteiger charge is 2.29. The Balaban J connectivity index is 1.57. The highest BCUT2D eigenvalue weighted by atomic mass is 16.5. The van der Waals surface area contributed by atoms with Gasteiger partial charge in [-0.2, -0.15) is 4.52 Å². The van der Waals surface area contributed by atoms with E-state index in [0.717, 1.165) is 53.5 Å². The molecule has 7 heteroatoms. The van der Waals surface area contributed by atoms with Crippen LogP contribution < -0.4 is 4.74 Å². The molecule has 1 aliphatic rings. The fourth-order valence-corrected chi connectivity index (χ4v) is 4.66. The van der Waals surface area contributed by atoms with Crippen LogP contribution in [0, 0.1) is 6.92 Å². The third kappa shape index (κ3) is 3.50. The number of carbonyl (C=O) groups excluding carboxylic acids is 1. The number of aryl methyl sites for hydroxylation is 1. The second-order valence-electron chi connectivity index (χ2n) is 8.20. The van der Waals surface area contributed by atoms with Crippen molar-refractivity contribution in [3.05, 3.63) is 65.2 Å². The van der Waals surface area contributed by atoms with E-state index < -0.39 is 0 Å². The molecule has 1 amide bonds. The van der Waals surface area contributed by atoms with Gasteiger partial charge in [0.05, 0.1) is 19.2 Å². The van der Waals surface area contributed by atoms with Crippen LogP contribution in [0.15, 0.2) is 48.5 Å². The van der Waals surface area contributed by atoms with E-state index >= 15 is 0 Å². The average molecular weight is 415 g/mol. The number of hydrogen-bond donors (Lipinski definition) is 0. The van der Waals surface area contributed by atoms with Crippen LogP contribution in [0.4, 0.5) is 0 Å². The lowest BCUT2D eigenvalue weighted by Crippen LogP contribution is -2.38. The number of amides is 1. The predicted octanol–water partition coefficient (Wildman–Crippen LogP) is 4.18. The first-order valence-electron chi connectivity index (χ1n) is 10.7. The summed E-state index contributed by atoms with van der Waals surface area (Å²) in [4.78, 5) is 15.6. The molecule has 2 aromatic carbocycles. The zero-order valence-electron chi connectivity index (χ0n) is 17.8. The Morgan fingerprint density at radius 3 is 2.68 bits per heavy atom. The normalized spacial score (nSPS) is 14.4. The van der Waals surface area contributed by atoms with Crippen molar-refractivity contribution in [2.45, 2.75) is 45.2 Å². The highest BCUT2D eigenvalue weighted by molar-refractivity contribution is 5.95. The first kappa shape index (κ1) is 19.5. The first-order valence-corrected chi connectivity index (χ1v) is 10.7. The van der Waals surface area contributed by atoms with Gasteiger partial charge in [-0.1, -0.05) is 31.0 Å². The third-order valence-electron chi connectivity index (χ3n) is 6.27. The van der Waals surface area contributed by atoms with E-state index in [4.69, 9.17) is 4.74 Å². The van der Waals surface area contributed by atoms with Gasteiger partial charge in [0.25, 0.3) is 5.91 Å². The van der Waals surface area contributed by atoms with Gasteiger partial charge in [-0.25, -0.2) is 0 Å². The molecule has 2 heterocycles. The number of carbonyl (C=O) groups is 1. The molecule has 7 nitrogen and oxygen atoms in total. The summed E-state index contributed by atoms with van der Waals surface area (Å²) in [5, 5.41) is 13.5. The molecule has 31 heavy (non-hydrogen) atoms. The summed E-state index contributed by atoms with van der Waals surface area (Å²) in [6, 6.07) is 15.8. The molecule has 158 valence electrons. The Morgan fingerprint density at radius 1 is 1.16 bits per heavy atom. The Morgan fingerprint density at radius 2 is 1.94 bits per heavy atom. The summed E-state index contributed by atoms with van der Waals surface area (Å²) in [7, 11) is 1.63. The number of ether oxygens (including phenoxy) is 1. The molecule has 0 aliphatic heterocycles. The minimum Gasteiger partial charge on any atom is -0.497 e. The molecule has 5 rings (SSSR count). The van der Waals surface area contributed by atoms with Gasteiger partial charge in [0.1, 0.15) is 5.75 Å². The number of fused-ring (bicyclic) bond motifs is 3. The molecule has 0 N–H and O–H groups in total. The van der Waals surface area contributed by atoms with Crippen LogP contribution in [0.3, 0.4) is 0 Å². The maximum absolute atomic E-state index is 13.6. The van der Waals surface area contributed by atoms with Crippen molar-refractivity contribution < 1.29 is 9.53 Å². The van der Waals surface area contributed by atoms with Crippen molar-refractivity contribution in [2.24, 2.45) is 0 Å². The summed E-state index contributed by atoms with van der Waals surface area (Å²) in [6.07, 6.45) is 4.34. The van der Waals surface area contributed by atoms with Gasteiger partial charge in [0, 0.05) is 22.6 Å². The van der Waals surface area contributed by atoms with Crippen LogP contribution in [0.2, 0.25) is 0 Å². The van der Waals surface area contributed by atoms with Crippen molar-refractivity contribution in [2.75, 3.05) is 7.11 Å². The Bertz CT molecular complexity index is 1240. The summed E-state index contributed by atoms with van der Waals surface area (Å²) >= 11 is 0. The van der Waals surface area contributed by atoms with E-state index in [1.54, 1.807) is 11.6 Å². The van der Waals surface area contributed by atoms with Crippen molar-refractivity contribution >= 4 is 22.5 Å². The fourth-order valence-electron chi connectivity index (χ4n) is 4.66. The molecule has 0 bridgehead atoms. The predicted molar refractivity (Wildman–Crippen MR) is 118 cm³/mol. The van der Waals surface area contributed by atoms with Crippen molar-refractivity contribution in [3.8, 4) is 5.75 Å². The molecule has 2 aromatic heterocycles. The molecule has 0 saturated heterocycles. The van der Waals surface area contributed by atoms with Crippen LogP contribution in [0.5, 0.6) is 5.75 Å². The number of benzene rings is 2. The highest BCUT2D eigenvalue weighted by Crippen LogP contribution is 2.29. The number of rotatable bonds is 5. The van der Waals surface area contributed by atoms with Gasteiger partial charge in [-0.15, -0.1) is 5.10 Å². The van der Waals surface area contributed by atoms with Crippen molar-refractivity contribution in [1.29, 1.82) is 0 Å². The number of methoxy groups -OCH3 is 1. The SMILES string of the molecule is COc1ccc(C(=O)N(Cc2cc3cccc(C)c3n3nnnc23)C2CCCC2)cc1. The lowest BCUT2D eigenvalue weighted by Gasteiger charge is -2.29. The van der Waals surface area contributed by atoms with Crippen LogP contribution >= 0.6 is 0 Å². The van der Waals surface area contributed by atoms with Crippen LogP contribution in [-0.2, 0) is 6.54 Å². The Labute approximate surface area is 180 Å². The van der Waals surface area contributed by atoms with Gasteiger partial charge < -0.3 is 9.64 Å². The Hall–Kier alpha value is -3.48. The smallest absolute Gasteiger partial charge is 0.254 e. The number of tetrazole rings is 1. The van der Waals surface area contributed by atoms with E-state index in [9.17, 15) is 4.79 Å². The molecular formula is C24H25N5O2. The maximum atomic E-state index is 13.6. The van der Waals surface area contributed by atoms with Gasteiger partial charge >= 0.3 is 0 Å². The number of hydrogen-bond acceptors (Lipinski definition) is 5. The second-order valence-corrected chi connectivity index (χ2v) is 8.20. The van der Waals surface area contributed by atoms with E-state index in [1.165, 1.54) is 0 Å². The van der Waals surface area contributed by atoms with Gasteiger partial charge in [0.2, 0.25) is 0 Å². The molecular weight excluding hydrogens is 390 g/mol. The summed E-state index contributed by atoms with van der Waals surface area (Å²) in [5.74, 6) is 0.773. The number of nitrogens with zero attached hydrogens (tertiary/aromatic N) is 5. The van der Waals surface area contributed by atoms with Crippen molar-refractivity contribution in [1.82, 2.24) is 24.9 Å². The van der Waals surface area contributed by atoms with E-state index in [-0.39, 0.29) is 11.9 Å². The van der Waals surface area contributed by atoms with Crippen LogP contribution in [0.25, 0.3) is 16.6 Å². The monoisotopic (exact) mass is 415 g/mol. The Kier molecular flexibility index (Phi) is 5.02. The molecule has 0 radical (unpaired) electrons. The molecule has 0 spiro atoms. The molecule has 0 atom stereocenters. The molecule has 1 saturated carbocycles. The number of pyridine rings is 1. The molecule has 0 unspecified atom stereocenters. The third-order valence-corrected chi connectivity index (χ3v) is 6.27. The van der Waals surface area contributed by atoms with Gasteiger partial charge in [-0.3, -0.25) is 4.79 Å². The van der Waals surface area contributed by atoms with E-state index in [2.05, 4.69) is 40.6 Å². The molecule has 1 aliphatic carbocycles. The first-order chi connectivity index (χ1) is 15.2. The molecule has 1 fully saturated rings. The van der Waals surface area contributed by atoms with Gasteiger partial charge in [-0.05, 0) is 66.1 Å². The van der Waals surface area contributed by atoms with Crippen LogP contribution in [0.1, 0.15) is 47.2 Å². The topological polar surface area (TPSA) is 72.6 Å². The standard InChI is InChI=1S/C24H25N5O2/c1-16-6-5-7-18-14-19(23-25-26-27-29(23)22(16)18)15-28(20-8-3-4-9-20)24(30)17-10-12-21(31-2)13-11-17/h5-7,10-14,20H,3-4,8-9,15H2,1-2H3. The second kappa shape index (κ2) is 7.98. The van der Waals surface area contributed by atoms with Crippen molar-refractivity contribution in [3.63, 3.8) is 0 Å². The van der Waals surface area contributed by atoms with Gasteiger partial charge in [0.15, 0.2) is 5.65 Å². The van der Waals surface area contributed by atoms with Crippen LogP contribution in [-0.4, -0.2) is 44.0 Å². The fraction of sp³-hybridized carbons (Fsp3) is 0.333. The maximum Gasteiger partial charge on any atom is 0.254 e. The minimum absolute atomic E-state index is 0.0320. The average Bonchev–Trinajstić information content (AvgIpc) is 3.49. The summed E-state index contributed by atoms with van der Waals surface area (Å²) < 4.78 is 7.04. The molecule has 4 aromatic rings. The van der Waals surface area contributed by atoms with E-state index in [1.807, 2.05) is 35.2 Å².